The Morgan fingerprint density at radius 3 is 2.89 bits per heavy atom. The van der Waals surface area contributed by atoms with Gasteiger partial charge in [-0.1, -0.05) is 23.7 Å². The van der Waals surface area contributed by atoms with E-state index in [0.717, 1.165) is 16.8 Å². The lowest BCUT2D eigenvalue weighted by molar-refractivity contribution is -0.139. The first-order chi connectivity index (χ1) is 16.9. The van der Waals surface area contributed by atoms with E-state index >= 15 is 0 Å². The second-order valence-electron chi connectivity index (χ2n) is 8.77. The van der Waals surface area contributed by atoms with Crippen molar-refractivity contribution in [3.63, 3.8) is 0 Å². The predicted octanol–water partition coefficient (Wildman–Crippen LogP) is 2.46. The summed E-state index contributed by atoms with van der Waals surface area (Å²) >= 11 is 6.43. The lowest BCUT2D eigenvalue weighted by Gasteiger charge is -2.46. The van der Waals surface area contributed by atoms with Crippen LogP contribution in [0.5, 0.6) is 0 Å². The lowest BCUT2D eigenvalue weighted by Crippen LogP contribution is -2.59. The van der Waals surface area contributed by atoms with Gasteiger partial charge in [-0.25, -0.2) is 9.07 Å². The van der Waals surface area contributed by atoms with E-state index in [9.17, 15) is 14.4 Å². The number of ether oxygens (including phenoxy) is 1. The molecule has 0 saturated carbocycles. The zero-order valence-corrected chi connectivity index (χ0v) is 19.8. The van der Waals surface area contributed by atoms with Crippen molar-refractivity contribution in [3.8, 4) is 11.8 Å². The number of aromatic nitrogens is 4. The van der Waals surface area contributed by atoms with E-state index in [0.29, 0.717) is 43.4 Å². The number of rotatable bonds is 4. The molecule has 0 aliphatic carbocycles. The van der Waals surface area contributed by atoms with Gasteiger partial charge in [0, 0.05) is 31.2 Å². The molecule has 3 heterocycles. The highest BCUT2D eigenvalue weighted by Gasteiger charge is 2.36. The molecule has 35 heavy (non-hydrogen) atoms. The third-order valence-electron chi connectivity index (χ3n) is 6.75. The fourth-order valence-corrected chi connectivity index (χ4v) is 5.00. The highest BCUT2D eigenvalue weighted by molar-refractivity contribution is 6.31. The minimum atomic E-state index is -0.514. The van der Waals surface area contributed by atoms with Crippen molar-refractivity contribution in [1.29, 1.82) is 5.26 Å². The highest BCUT2D eigenvalue weighted by atomic mass is 35.5. The average Bonchev–Trinajstić information content (AvgIpc) is 3.40. The molecule has 0 N–H and O–H groups in total. The van der Waals surface area contributed by atoms with Crippen LogP contribution in [0.15, 0.2) is 36.7 Å². The van der Waals surface area contributed by atoms with Crippen LogP contribution in [0.4, 0.5) is 4.39 Å². The van der Waals surface area contributed by atoms with E-state index in [4.69, 9.17) is 16.3 Å². The maximum atomic E-state index is 13.9. The first-order valence-corrected chi connectivity index (χ1v) is 11.7. The molecule has 2 aliphatic heterocycles. The number of carbonyl (C=O) groups excluding carboxylic acids is 1. The maximum absolute atomic E-state index is 13.9. The molecule has 1 amide bonds. The molecule has 180 valence electrons. The van der Waals surface area contributed by atoms with Crippen LogP contribution in [0.2, 0.25) is 5.02 Å². The average molecular weight is 496 g/mol. The van der Waals surface area contributed by atoms with Gasteiger partial charge in [0.2, 0.25) is 5.91 Å². The second-order valence-corrected chi connectivity index (χ2v) is 9.17. The van der Waals surface area contributed by atoms with Gasteiger partial charge in [-0.15, -0.1) is 5.10 Å². The van der Waals surface area contributed by atoms with Crippen LogP contribution in [0, 0.1) is 24.1 Å². The van der Waals surface area contributed by atoms with Crippen LogP contribution in [0.3, 0.4) is 0 Å². The van der Waals surface area contributed by atoms with Crippen molar-refractivity contribution in [2.24, 2.45) is 0 Å². The topological polar surface area (TPSA) is 100 Å². The standard InChI is InChI=1S/C24H23ClFN7O2/c1-15-19(4-5-22(26)20(15)10-27)23-12-31-6-7-32(11-18(31)13-35-23)24(34)8-16-2-3-17(9-21(16)25)33-14-28-29-30-33/h2-5,9,14,18,23H,6-8,11-13H2,1H3. The van der Waals surface area contributed by atoms with Crippen LogP contribution >= 0.6 is 11.6 Å². The first-order valence-electron chi connectivity index (χ1n) is 11.3. The summed E-state index contributed by atoms with van der Waals surface area (Å²) in [6.45, 7) is 4.73. The normalized spacial score (nSPS) is 20.3. The van der Waals surface area contributed by atoms with Gasteiger partial charge in [-0.05, 0) is 52.2 Å². The summed E-state index contributed by atoms with van der Waals surface area (Å²) in [5.41, 5.74) is 2.98. The Morgan fingerprint density at radius 1 is 1.29 bits per heavy atom. The van der Waals surface area contributed by atoms with Crippen molar-refractivity contribution in [1.82, 2.24) is 30.0 Å². The van der Waals surface area contributed by atoms with Gasteiger partial charge in [0.1, 0.15) is 18.2 Å². The van der Waals surface area contributed by atoms with E-state index in [-0.39, 0.29) is 30.0 Å². The fraction of sp³-hybridized carbons (Fsp3) is 0.375. The smallest absolute Gasteiger partial charge is 0.227 e. The summed E-state index contributed by atoms with van der Waals surface area (Å²) in [7, 11) is 0. The number of fused-ring (bicyclic) bond motifs is 1. The number of halogens is 2. The Bertz CT molecular complexity index is 1290. The van der Waals surface area contributed by atoms with Crippen molar-refractivity contribution in [2.45, 2.75) is 25.5 Å². The molecule has 2 aliphatic rings. The first kappa shape index (κ1) is 23.4. The third kappa shape index (κ3) is 4.62. The quantitative estimate of drug-likeness (QED) is 0.548. The van der Waals surface area contributed by atoms with Gasteiger partial charge in [-0.2, -0.15) is 5.26 Å². The van der Waals surface area contributed by atoms with E-state index < -0.39 is 5.82 Å². The molecule has 1 aromatic heterocycles. The summed E-state index contributed by atoms with van der Waals surface area (Å²) in [4.78, 5) is 17.2. The van der Waals surface area contributed by atoms with Crippen LogP contribution in [0.1, 0.15) is 28.4 Å². The molecule has 9 nitrogen and oxygen atoms in total. The minimum Gasteiger partial charge on any atom is -0.370 e. The highest BCUT2D eigenvalue weighted by Crippen LogP contribution is 2.31. The summed E-state index contributed by atoms with van der Waals surface area (Å²) in [5.74, 6) is -0.503. The van der Waals surface area contributed by atoms with Gasteiger partial charge in [0.15, 0.2) is 0 Å². The Balaban J connectivity index is 1.21. The fourth-order valence-electron chi connectivity index (χ4n) is 4.76. The largest absolute Gasteiger partial charge is 0.370 e. The number of morpholine rings is 1. The minimum absolute atomic E-state index is 0.0110. The second kappa shape index (κ2) is 9.70. The van der Waals surface area contributed by atoms with Crippen molar-refractivity contribution < 1.29 is 13.9 Å². The number of hydrogen-bond donors (Lipinski definition) is 0. The molecular weight excluding hydrogens is 473 g/mol. The van der Waals surface area contributed by atoms with E-state index in [1.54, 1.807) is 19.1 Å². The molecule has 11 heteroatoms. The van der Waals surface area contributed by atoms with Gasteiger partial charge in [0.25, 0.3) is 0 Å². The number of nitriles is 1. The molecule has 2 fully saturated rings. The summed E-state index contributed by atoms with van der Waals surface area (Å²) < 4.78 is 21.5. The predicted molar refractivity (Wildman–Crippen MR) is 124 cm³/mol. The molecule has 0 bridgehead atoms. The Hall–Kier alpha value is -3.39. The molecule has 5 rings (SSSR count). The Labute approximate surface area is 206 Å². The van der Waals surface area contributed by atoms with Crippen molar-refractivity contribution >= 4 is 17.5 Å². The summed E-state index contributed by atoms with van der Waals surface area (Å²) in [6.07, 6.45) is 1.45. The number of nitrogens with zero attached hydrogens (tertiary/aromatic N) is 7. The van der Waals surface area contributed by atoms with Gasteiger partial charge >= 0.3 is 0 Å². The summed E-state index contributed by atoms with van der Waals surface area (Å²) in [6, 6.07) is 10.4. The van der Waals surface area contributed by atoms with Crippen LogP contribution in [-0.2, 0) is 16.0 Å². The van der Waals surface area contributed by atoms with Gasteiger partial charge < -0.3 is 9.64 Å². The van der Waals surface area contributed by atoms with Crippen LogP contribution < -0.4 is 0 Å². The van der Waals surface area contributed by atoms with Crippen molar-refractivity contribution in [2.75, 3.05) is 32.8 Å². The summed E-state index contributed by atoms with van der Waals surface area (Å²) in [5, 5.41) is 20.8. The molecular formula is C24H23ClFN7O2. The molecule has 3 aromatic rings. The van der Waals surface area contributed by atoms with E-state index in [1.807, 2.05) is 23.1 Å². The monoisotopic (exact) mass is 495 g/mol. The zero-order valence-electron chi connectivity index (χ0n) is 19.1. The van der Waals surface area contributed by atoms with Gasteiger partial charge in [-0.3, -0.25) is 9.69 Å². The van der Waals surface area contributed by atoms with E-state index in [1.165, 1.54) is 17.1 Å². The van der Waals surface area contributed by atoms with Crippen LogP contribution in [0.25, 0.3) is 5.69 Å². The Morgan fingerprint density at radius 2 is 2.14 bits per heavy atom. The van der Waals surface area contributed by atoms with E-state index in [2.05, 4.69) is 20.4 Å². The number of benzene rings is 2. The molecule has 2 unspecified atom stereocenters. The van der Waals surface area contributed by atoms with Crippen LogP contribution in [-0.4, -0.2) is 74.7 Å². The van der Waals surface area contributed by atoms with Crippen molar-refractivity contribution in [3.05, 3.63) is 69.8 Å². The number of amides is 1. The number of carbonyl (C=O) groups is 1. The lowest BCUT2D eigenvalue weighted by atomic mass is 9.96. The third-order valence-corrected chi connectivity index (χ3v) is 7.11. The molecule has 2 aromatic carbocycles. The number of tetrazole rings is 1. The molecule has 2 atom stereocenters. The number of hydrogen-bond acceptors (Lipinski definition) is 7. The zero-order chi connectivity index (χ0) is 24.5. The SMILES string of the molecule is Cc1c(C2CN3CCN(C(=O)Cc4ccc(-n5cnnn5)cc4Cl)CC3CO2)ccc(F)c1C#N. The number of piperazine rings is 1. The maximum Gasteiger partial charge on any atom is 0.227 e. The molecule has 2 saturated heterocycles. The molecule has 0 spiro atoms. The molecule has 0 radical (unpaired) electrons. The van der Waals surface area contributed by atoms with Gasteiger partial charge in [0.05, 0.1) is 36.4 Å². The Kier molecular flexibility index (Phi) is 6.47.